The van der Waals surface area contributed by atoms with E-state index in [1.807, 2.05) is 0 Å². The van der Waals surface area contributed by atoms with Crippen molar-refractivity contribution < 1.29 is 12.8 Å². The predicted molar refractivity (Wildman–Crippen MR) is 82.5 cm³/mol. The molecule has 1 rings (SSSR count). The highest BCUT2D eigenvalue weighted by molar-refractivity contribution is 7.93. The molecule has 0 saturated heterocycles. The van der Waals surface area contributed by atoms with E-state index in [0.29, 0.717) is 12.8 Å². The second kappa shape index (κ2) is 7.10. The molecule has 112 valence electrons. The van der Waals surface area contributed by atoms with E-state index in [-0.39, 0.29) is 16.8 Å². The zero-order valence-corrected chi connectivity index (χ0v) is 13.1. The summed E-state index contributed by atoms with van der Waals surface area (Å²) in [5.74, 6) is -0.318. The van der Waals surface area contributed by atoms with E-state index < -0.39 is 15.3 Å². The Balaban J connectivity index is 2.72. The molecule has 0 fully saturated rings. The van der Waals surface area contributed by atoms with Gasteiger partial charge in [0.25, 0.3) is 0 Å². The number of sulfonamides is 1. The maximum Gasteiger partial charge on any atom is 0.221 e. The molecule has 7 heteroatoms. The topological polar surface area (TPSA) is 72.2 Å². The Bertz CT molecular complexity index is 558. The molecule has 3 N–H and O–H groups in total. The van der Waals surface area contributed by atoms with Gasteiger partial charge in [0.05, 0.1) is 4.99 Å². The first kappa shape index (κ1) is 17.0. The first-order valence-corrected chi connectivity index (χ1v) is 8.26. The van der Waals surface area contributed by atoms with Crippen molar-refractivity contribution >= 4 is 27.2 Å². The fourth-order valence-electron chi connectivity index (χ4n) is 1.95. The van der Waals surface area contributed by atoms with Gasteiger partial charge in [-0.3, -0.25) is 0 Å². The normalized spacial score (nSPS) is 14.8. The number of rotatable bonds is 7. The van der Waals surface area contributed by atoms with Crippen LogP contribution in [0.15, 0.2) is 24.3 Å². The molecule has 0 spiro atoms. The minimum absolute atomic E-state index is 0.0333. The summed E-state index contributed by atoms with van der Waals surface area (Å²) in [5.41, 5.74) is 6.30. The van der Waals surface area contributed by atoms with Gasteiger partial charge >= 0.3 is 0 Å². The van der Waals surface area contributed by atoms with Crippen molar-refractivity contribution in [1.29, 1.82) is 0 Å². The van der Waals surface area contributed by atoms with Crippen LogP contribution in [0.2, 0.25) is 0 Å². The van der Waals surface area contributed by atoms with E-state index in [0.717, 1.165) is 5.56 Å². The lowest BCUT2D eigenvalue weighted by Gasteiger charge is -2.19. The van der Waals surface area contributed by atoms with Crippen LogP contribution in [-0.4, -0.2) is 24.7 Å². The van der Waals surface area contributed by atoms with Gasteiger partial charge in [0, 0.05) is 6.04 Å². The standard InChI is InChI=1S/C13H19FN2O2S2/c1-3-12(13(15)19)20(17,18)16-9(2)8-10-4-6-11(14)7-5-10/h4-7,9,12,16H,3,8H2,1-2H3,(H2,15,19). The van der Waals surface area contributed by atoms with Crippen LogP contribution in [0.4, 0.5) is 4.39 Å². The lowest BCUT2D eigenvalue weighted by molar-refractivity contribution is 0.553. The van der Waals surface area contributed by atoms with E-state index in [2.05, 4.69) is 4.72 Å². The Morgan fingerprint density at radius 2 is 1.95 bits per heavy atom. The zero-order chi connectivity index (χ0) is 15.3. The third-order valence-corrected chi connectivity index (χ3v) is 5.38. The van der Waals surface area contributed by atoms with E-state index in [4.69, 9.17) is 18.0 Å². The monoisotopic (exact) mass is 318 g/mol. The maximum absolute atomic E-state index is 12.8. The Kier molecular flexibility index (Phi) is 6.04. The number of thiocarbonyl (C=S) groups is 1. The van der Waals surface area contributed by atoms with Gasteiger partial charge in [0.1, 0.15) is 11.1 Å². The lowest BCUT2D eigenvalue weighted by Crippen LogP contribution is -2.45. The highest BCUT2D eigenvalue weighted by Gasteiger charge is 2.27. The minimum atomic E-state index is -3.59. The van der Waals surface area contributed by atoms with Crippen LogP contribution >= 0.6 is 12.2 Å². The maximum atomic E-state index is 12.8. The Morgan fingerprint density at radius 3 is 2.40 bits per heavy atom. The summed E-state index contributed by atoms with van der Waals surface area (Å²) in [4.78, 5) is -0.0333. The van der Waals surface area contributed by atoms with Crippen molar-refractivity contribution in [3.8, 4) is 0 Å². The third kappa shape index (κ3) is 4.81. The van der Waals surface area contributed by atoms with Crippen LogP contribution in [0.1, 0.15) is 25.8 Å². The second-order valence-corrected chi connectivity index (χ2v) is 7.06. The van der Waals surface area contributed by atoms with Gasteiger partial charge < -0.3 is 5.73 Å². The molecule has 2 unspecified atom stereocenters. The van der Waals surface area contributed by atoms with Gasteiger partial charge in [-0.1, -0.05) is 31.3 Å². The second-order valence-electron chi connectivity index (χ2n) is 4.69. The van der Waals surface area contributed by atoms with Gasteiger partial charge in [0.15, 0.2) is 0 Å². The molecule has 0 bridgehead atoms. The molecular weight excluding hydrogens is 299 g/mol. The molecule has 0 radical (unpaired) electrons. The van der Waals surface area contributed by atoms with Crippen LogP contribution < -0.4 is 10.5 Å². The molecule has 0 aliphatic heterocycles. The zero-order valence-electron chi connectivity index (χ0n) is 11.5. The summed E-state index contributed by atoms with van der Waals surface area (Å²) in [5, 5.41) is -0.867. The van der Waals surface area contributed by atoms with E-state index in [1.54, 1.807) is 26.0 Å². The number of hydrogen-bond acceptors (Lipinski definition) is 3. The molecule has 4 nitrogen and oxygen atoms in total. The Labute approximate surface area is 124 Å². The SMILES string of the molecule is CCC(C(N)=S)S(=O)(=O)NC(C)Cc1ccc(F)cc1. The molecule has 20 heavy (non-hydrogen) atoms. The van der Waals surface area contributed by atoms with Crippen LogP contribution in [-0.2, 0) is 16.4 Å². The van der Waals surface area contributed by atoms with Crippen molar-refractivity contribution in [2.75, 3.05) is 0 Å². The van der Waals surface area contributed by atoms with Crippen molar-refractivity contribution in [1.82, 2.24) is 4.72 Å². The number of hydrogen-bond donors (Lipinski definition) is 2. The van der Waals surface area contributed by atoms with E-state index in [9.17, 15) is 12.8 Å². The van der Waals surface area contributed by atoms with Gasteiger partial charge in [-0.2, -0.15) is 0 Å². The molecule has 1 aromatic rings. The van der Waals surface area contributed by atoms with Crippen molar-refractivity contribution in [3.63, 3.8) is 0 Å². The van der Waals surface area contributed by atoms with Gasteiger partial charge in [0.2, 0.25) is 10.0 Å². The predicted octanol–water partition coefficient (Wildman–Crippen LogP) is 1.74. The summed E-state index contributed by atoms with van der Waals surface area (Å²) in [7, 11) is -3.59. The van der Waals surface area contributed by atoms with Crippen molar-refractivity contribution in [2.24, 2.45) is 5.73 Å². The number of nitrogens with one attached hydrogen (secondary N) is 1. The van der Waals surface area contributed by atoms with Crippen molar-refractivity contribution in [3.05, 3.63) is 35.6 Å². The quantitative estimate of drug-likeness (QED) is 0.751. The van der Waals surface area contributed by atoms with Gasteiger partial charge in [-0.25, -0.2) is 17.5 Å². The third-order valence-electron chi connectivity index (χ3n) is 2.88. The highest BCUT2D eigenvalue weighted by Crippen LogP contribution is 2.09. The molecule has 0 aromatic heterocycles. The first-order valence-electron chi connectivity index (χ1n) is 6.31. The summed E-state index contributed by atoms with van der Waals surface area (Å²) in [6.07, 6.45) is 0.793. The molecule has 0 amide bonds. The molecule has 0 aliphatic rings. The summed E-state index contributed by atoms with van der Waals surface area (Å²) < 4.78 is 39.6. The van der Waals surface area contributed by atoms with E-state index in [1.165, 1.54) is 12.1 Å². The summed E-state index contributed by atoms with van der Waals surface area (Å²) >= 11 is 4.78. The van der Waals surface area contributed by atoms with Crippen LogP contribution in [0.25, 0.3) is 0 Å². The van der Waals surface area contributed by atoms with Crippen LogP contribution in [0, 0.1) is 5.82 Å². The average molecular weight is 318 g/mol. The first-order chi connectivity index (χ1) is 9.26. The summed E-state index contributed by atoms with van der Waals surface area (Å²) in [6.45, 7) is 3.46. The smallest absolute Gasteiger partial charge is 0.221 e. The largest absolute Gasteiger partial charge is 0.392 e. The molecular formula is C13H19FN2O2S2. The Morgan fingerprint density at radius 1 is 1.40 bits per heavy atom. The molecule has 1 aromatic carbocycles. The van der Waals surface area contributed by atoms with Crippen molar-refractivity contribution in [2.45, 2.75) is 38.0 Å². The number of benzene rings is 1. The molecule has 2 atom stereocenters. The van der Waals surface area contributed by atoms with Gasteiger partial charge in [-0.05, 0) is 37.5 Å². The molecule has 0 saturated carbocycles. The minimum Gasteiger partial charge on any atom is -0.392 e. The van der Waals surface area contributed by atoms with Crippen LogP contribution in [0.3, 0.4) is 0 Å². The van der Waals surface area contributed by atoms with Crippen LogP contribution in [0.5, 0.6) is 0 Å². The fraction of sp³-hybridized carbons (Fsp3) is 0.462. The average Bonchev–Trinajstić information content (AvgIpc) is 2.31. The molecule has 0 heterocycles. The fourth-order valence-corrected chi connectivity index (χ4v) is 4.05. The summed E-state index contributed by atoms with van der Waals surface area (Å²) in [6, 6.07) is 5.63. The number of halogens is 1. The molecule has 0 aliphatic carbocycles. The Hall–Kier alpha value is -1.05. The lowest BCUT2D eigenvalue weighted by atomic mass is 10.1. The number of nitrogens with two attached hydrogens (primary N) is 1. The van der Waals surface area contributed by atoms with E-state index >= 15 is 0 Å². The highest BCUT2D eigenvalue weighted by atomic mass is 32.2. The van der Waals surface area contributed by atoms with Gasteiger partial charge in [-0.15, -0.1) is 0 Å².